The van der Waals surface area contributed by atoms with Gasteiger partial charge in [-0.15, -0.1) is 0 Å². The second-order valence-electron chi connectivity index (χ2n) is 25.5. The van der Waals surface area contributed by atoms with Gasteiger partial charge in [-0.25, -0.2) is 17.6 Å². The van der Waals surface area contributed by atoms with E-state index >= 15 is 0 Å². The maximum atomic E-state index is 13.4. The first-order chi connectivity index (χ1) is 46.0. The van der Waals surface area contributed by atoms with Crippen molar-refractivity contribution in [2.75, 3.05) is 13.2 Å². The number of Topliss-reactive ketones (excluding diaryl/α,β-unsaturated/α-hetero) is 10. The number of para-hydroxylation sites is 1. The second kappa shape index (κ2) is 36.2. The predicted molar refractivity (Wildman–Crippen MR) is 344 cm³/mol. The summed E-state index contributed by atoms with van der Waals surface area (Å²) in [5.41, 5.74) is 0.460. The third-order valence-corrected chi connectivity index (χ3v) is 17.8. The van der Waals surface area contributed by atoms with Gasteiger partial charge in [-0.2, -0.15) is 13.2 Å². The molecule has 22 heteroatoms. The molecule has 6 aliphatic rings. The van der Waals surface area contributed by atoms with E-state index in [1.54, 1.807) is 51.1 Å². The van der Waals surface area contributed by atoms with Crippen LogP contribution < -0.4 is 18.9 Å². The molecule has 11 rings (SSSR count). The van der Waals surface area contributed by atoms with Crippen molar-refractivity contribution in [2.45, 2.75) is 167 Å². The van der Waals surface area contributed by atoms with Crippen LogP contribution in [0, 0.1) is 59.8 Å². The Morgan fingerprint density at radius 2 is 1.00 bits per heavy atom. The van der Waals surface area contributed by atoms with Gasteiger partial charge in [-0.3, -0.25) is 47.9 Å². The number of halogens is 8. The zero-order chi connectivity index (χ0) is 70.5. The van der Waals surface area contributed by atoms with Gasteiger partial charge < -0.3 is 18.9 Å². The van der Waals surface area contributed by atoms with Gasteiger partial charge in [0, 0.05) is 92.5 Å². The molecular weight excluding hydrogens is 1290 g/mol. The molecule has 97 heavy (non-hydrogen) atoms. The number of allylic oxidation sites excluding steroid dienone is 2. The van der Waals surface area contributed by atoms with Crippen LogP contribution in [0.5, 0.6) is 23.0 Å². The molecule has 0 radical (unpaired) electrons. The number of carbonyl (C=O) groups is 10. The Morgan fingerprint density at radius 1 is 0.505 bits per heavy atom. The molecule has 0 spiro atoms. The van der Waals surface area contributed by atoms with Gasteiger partial charge in [-0.05, 0) is 125 Å². The van der Waals surface area contributed by atoms with E-state index in [0.29, 0.717) is 60.8 Å². The van der Waals surface area contributed by atoms with E-state index in [1.165, 1.54) is 6.42 Å². The van der Waals surface area contributed by atoms with Crippen LogP contribution in [0.2, 0.25) is 5.02 Å². The molecule has 0 aliphatic heterocycles. The molecule has 0 aromatic heterocycles. The fraction of sp³-hybridized carbons (Fsp3) is 0.440. The Kier molecular flexibility index (Phi) is 28.3. The van der Waals surface area contributed by atoms with Gasteiger partial charge in [0.1, 0.15) is 81.0 Å². The second-order valence-corrected chi connectivity index (χ2v) is 25.9. The zero-order valence-electron chi connectivity index (χ0n) is 54.2. The Bertz CT molecular complexity index is 3600. The van der Waals surface area contributed by atoms with E-state index in [1.807, 2.05) is 36.4 Å². The lowest BCUT2D eigenvalue weighted by Gasteiger charge is -2.26. The maximum Gasteiger partial charge on any atom is 0.416 e. The number of carbonyl (C=O) groups excluding carboxylic acids is 10. The summed E-state index contributed by atoms with van der Waals surface area (Å²) in [6, 6.07) is 26.1. The van der Waals surface area contributed by atoms with Crippen LogP contribution in [-0.2, 0) is 54.1 Å². The highest BCUT2D eigenvalue weighted by molar-refractivity contribution is 6.30. The molecule has 4 atom stereocenters. The van der Waals surface area contributed by atoms with Gasteiger partial charge in [0.15, 0.2) is 23.1 Å². The van der Waals surface area contributed by atoms with Gasteiger partial charge in [-0.1, -0.05) is 66.8 Å². The first kappa shape index (κ1) is 75.9. The molecule has 0 heterocycles. The van der Waals surface area contributed by atoms with Crippen molar-refractivity contribution in [2.24, 2.45) is 29.6 Å². The van der Waals surface area contributed by atoms with Gasteiger partial charge >= 0.3 is 6.18 Å². The Labute approximate surface area is 563 Å². The summed E-state index contributed by atoms with van der Waals surface area (Å²) in [5, 5.41) is 0.650. The largest absolute Gasteiger partial charge is 0.493 e. The summed E-state index contributed by atoms with van der Waals surface area (Å²) in [4.78, 5) is 116. The highest BCUT2D eigenvalue weighted by atomic mass is 35.5. The normalized spacial score (nSPS) is 20.3. The Balaban J connectivity index is 0.000000173. The molecule has 0 bridgehead atoms. The SMILES string of the molecule is CC(Oc1cc(F)cc(F)c1)C1CC(=O)CC(=O)C1.CC(Oc1cc(F)ccc1F)C1CC(=O)CC(=O)C1.Cc1cc(C2CC(=O)C(=CC3CCCCC3)C(=O)C2)cc(C(F)(F)F)c1.O=C1CCC(COc2ccc(Cl)cc2)C(=O)C1.O=C1CCC(COc2ccccc2)C(=O)C1. The quantitative estimate of drug-likeness (QED) is 0.0439. The smallest absolute Gasteiger partial charge is 0.416 e. The molecule has 0 N–H and O–H groups in total. The van der Waals surface area contributed by atoms with Crippen LogP contribution in [-0.4, -0.2) is 83.3 Å². The lowest BCUT2D eigenvalue weighted by Crippen LogP contribution is -2.33. The van der Waals surface area contributed by atoms with E-state index in [0.717, 1.165) is 80.0 Å². The number of aryl methyl sites for hydroxylation is 1. The summed E-state index contributed by atoms with van der Waals surface area (Å²) < 4.78 is 113. The van der Waals surface area contributed by atoms with Crippen molar-refractivity contribution >= 4 is 69.4 Å². The van der Waals surface area contributed by atoms with Crippen molar-refractivity contribution in [3.05, 3.63) is 166 Å². The lowest BCUT2D eigenvalue weighted by atomic mass is 9.77. The van der Waals surface area contributed by atoms with Gasteiger partial charge in [0.05, 0.1) is 74.1 Å². The van der Waals surface area contributed by atoms with Crippen LogP contribution in [0.25, 0.3) is 0 Å². The van der Waals surface area contributed by atoms with E-state index in [2.05, 4.69) is 0 Å². The molecule has 4 unspecified atom stereocenters. The van der Waals surface area contributed by atoms with Gasteiger partial charge in [0.2, 0.25) is 0 Å². The van der Waals surface area contributed by atoms with E-state index in [-0.39, 0.29) is 169 Å². The average Bonchev–Trinajstić information content (AvgIpc) is 0.804. The number of hydrogen-bond donors (Lipinski definition) is 0. The molecule has 518 valence electrons. The van der Waals surface area contributed by atoms with Gasteiger partial charge in [0.25, 0.3) is 0 Å². The van der Waals surface area contributed by atoms with Crippen LogP contribution in [0.4, 0.5) is 30.7 Å². The fourth-order valence-electron chi connectivity index (χ4n) is 12.2. The molecule has 5 aromatic rings. The number of ether oxygens (including phenoxy) is 4. The monoisotopic (exact) mass is 1370 g/mol. The third-order valence-electron chi connectivity index (χ3n) is 17.5. The first-order valence-electron chi connectivity index (χ1n) is 32.5. The minimum absolute atomic E-state index is 0.00443. The maximum absolute atomic E-state index is 13.4. The molecule has 6 aliphatic carbocycles. The predicted octanol–water partition coefficient (Wildman–Crippen LogP) is 15.5. The van der Waals surface area contributed by atoms with E-state index in [4.69, 9.17) is 30.5 Å². The summed E-state index contributed by atoms with van der Waals surface area (Å²) in [5.74, 6) is -3.18. The topological polar surface area (TPSA) is 208 Å². The van der Waals surface area contributed by atoms with Crippen LogP contribution >= 0.6 is 11.6 Å². The number of rotatable bonds is 14. The number of ketones is 10. The van der Waals surface area contributed by atoms with E-state index < -0.39 is 53.1 Å². The van der Waals surface area contributed by atoms with Crippen molar-refractivity contribution in [1.82, 2.24) is 0 Å². The highest BCUT2D eigenvalue weighted by Gasteiger charge is 2.37. The Morgan fingerprint density at radius 3 is 1.49 bits per heavy atom. The van der Waals surface area contributed by atoms with Crippen LogP contribution in [0.3, 0.4) is 0 Å². The molecular formula is C75H78ClF7O14. The standard InChI is InChI=1S/C21H23F3O2.2C14H14F2O3.C13H13ClO3.C13H14O3/c1-13-7-15(10-17(8-13)21(22,23)24)16-11-19(25)18(20(26)12-16)9-14-5-3-2-4-6-14;1-8(9-2-12(17)7-13(18)3-9)19-14-5-10(15)4-11(16)6-14;1-8(9-4-11(17)7-12(18)5-9)19-14-6-10(15)2-3-13(14)16;14-10-2-5-12(6-3-10)17-8-9-1-4-11(15)7-13(9)16;14-11-7-6-10(13(15)8-11)9-16-12-4-2-1-3-5-12/h7-10,14,16H,2-6,11-12H2,1H3;4-6,8-9H,2-3,7H2,1H3;2-3,6,8-9H,4-5,7H2,1H3;2-3,5-6,9H,1,4,7-8H2;1-5,10H,6-9H2. The number of benzene rings is 5. The Hall–Kier alpha value is -8.46. The third kappa shape index (κ3) is 24.9. The van der Waals surface area contributed by atoms with Crippen LogP contribution in [0.15, 0.2) is 121 Å². The van der Waals surface area contributed by atoms with Crippen molar-refractivity contribution in [3.8, 4) is 23.0 Å². The fourth-order valence-corrected chi connectivity index (χ4v) is 12.3. The molecule has 5 aromatic carbocycles. The molecule has 0 amide bonds. The zero-order valence-corrected chi connectivity index (χ0v) is 54.9. The van der Waals surface area contributed by atoms with E-state index in [9.17, 15) is 78.7 Å². The number of hydrogen-bond acceptors (Lipinski definition) is 14. The first-order valence-corrected chi connectivity index (χ1v) is 32.8. The minimum atomic E-state index is -4.44. The minimum Gasteiger partial charge on any atom is -0.493 e. The van der Waals surface area contributed by atoms with Crippen molar-refractivity contribution in [3.63, 3.8) is 0 Å². The summed E-state index contributed by atoms with van der Waals surface area (Å²) in [6.45, 7) is 5.67. The molecule has 0 saturated heterocycles. The lowest BCUT2D eigenvalue weighted by molar-refractivity contribution is -0.138. The molecule has 6 fully saturated rings. The summed E-state index contributed by atoms with van der Waals surface area (Å²) in [6.07, 6.45) is 5.40. The summed E-state index contributed by atoms with van der Waals surface area (Å²) >= 11 is 5.75. The van der Waals surface area contributed by atoms with Crippen LogP contribution in [0.1, 0.15) is 158 Å². The highest BCUT2D eigenvalue weighted by Crippen LogP contribution is 2.38. The van der Waals surface area contributed by atoms with Crippen molar-refractivity contribution in [1.29, 1.82) is 0 Å². The average molecular weight is 1370 g/mol. The van der Waals surface area contributed by atoms with Crippen molar-refractivity contribution < 1.29 is 97.6 Å². The molecule has 6 saturated carbocycles. The molecule has 14 nitrogen and oxygen atoms in total. The number of alkyl halides is 3. The summed E-state index contributed by atoms with van der Waals surface area (Å²) in [7, 11) is 0.